The Kier molecular flexibility index (Phi) is 7.43. The lowest BCUT2D eigenvalue weighted by Gasteiger charge is -2.31. The number of benzene rings is 2. The lowest BCUT2D eigenvalue weighted by Crippen LogP contribution is -2.45. The highest BCUT2D eigenvalue weighted by molar-refractivity contribution is 5.95. The van der Waals surface area contributed by atoms with Crippen molar-refractivity contribution in [1.82, 2.24) is 4.90 Å². The third-order valence-electron chi connectivity index (χ3n) is 5.09. The number of nitrogens with zero attached hydrogens (tertiary/aromatic N) is 2. The Balaban J connectivity index is 1.51. The molecule has 3 amide bonds. The standard InChI is InChI=1S/C23H27N3O4/c1-2-26(20-13-7-4-8-14-20)21(27)17-30-22(28)18-10-9-15-25(16-18)23(29)24-19-11-5-3-6-12-19/h3-8,11-14,18H,2,9-10,15-17H2,1H3,(H,24,29). The summed E-state index contributed by atoms with van der Waals surface area (Å²) in [5.41, 5.74) is 1.47. The number of nitrogens with one attached hydrogen (secondary N) is 1. The average molecular weight is 409 g/mol. The van der Waals surface area contributed by atoms with Gasteiger partial charge in [0.15, 0.2) is 6.61 Å². The molecule has 0 bridgehead atoms. The molecule has 1 saturated heterocycles. The smallest absolute Gasteiger partial charge is 0.321 e. The maximum absolute atomic E-state index is 12.5. The molecule has 1 unspecified atom stereocenters. The molecule has 3 rings (SSSR count). The van der Waals surface area contributed by atoms with E-state index in [0.717, 1.165) is 5.69 Å². The Labute approximate surface area is 176 Å². The normalized spacial score (nSPS) is 15.9. The lowest BCUT2D eigenvalue weighted by atomic mass is 9.98. The maximum Gasteiger partial charge on any atom is 0.321 e. The van der Waals surface area contributed by atoms with E-state index in [1.54, 1.807) is 9.80 Å². The molecule has 1 atom stereocenters. The van der Waals surface area contributed by atoms with E-state index in [-0.39, 0.29) is 25.1 Å². The van der Waals surface area contributed by atoms with Crippen molar-refractivity contribution in [3.8, 4) is 0 Å². The van der Waals surface area contributed by atoms with Crippen LogP contribution in [0.5, 0.6) is 0 Å². The Hall–Kier alpha value is -3.35. The zero-order valence-corrected chi connectivity index (χ0v) is 17.1. The Morgan fingerprint density at radius 3 is 2.40 bits per heavy atom. The zero-order valence-electron chi connectivity index (χ0n) is 17.1. The fraction of sp³-hybridized carbons (Fsp3) is 0.348. The molecule has 0 radical (unpaired) electrons. The molecule has 7 heteroatoms. The summed E-state index contributed by atoms with van der Waals surface area (Å²) in [6.07, 6.45) is 1.35. The molecule has 1 N–H and O–H groups in total. The van der Waals surface area contributed by atoms with Crippen LogP contribution in [0.1, 0.15) is 19.8 Å². The van der Waals surface area contributed by atoms with Crippen molar-refractivity contribution in [2.24, 2.45) is 5.92 Å². The summed E-state index contributed by atoms with van der Waals surface area (Å²) < 4.78 is 5.31. The molecule has 1 heterocycles. The van der Waals surface area contributed by atoms with Crippen LogP contribution in [-0.4, -0.2) is 49.0 Å². The summed E-state index contributed by atoms with van der Waals surface area (Å²) in [5, 5.41) is 2.84. The number of carbonyl (C=O) groups is 3. The summed E-state index contributed by atoms with van der Waals surface area (Å²) >= 11 is 0. The number of piperidine rings is 1. The second kappa shape index (κ2) is 10.4. The quantitative estimate of drug-likeness (QED) is 0.741. The number of esters is 1. The summed E-state index contributed by atoms with van der Waals surface area (Å²) in [6, 6.07) is 18.2. The van der Waals surface area contributed by atoms with E-state index in [4.69, 9.17) is 4.74 Å². The van der Waals surface area contributed by atoms with Crippen LogP contribution < -0.4 is 10.2 Å². The van der Waals surface area contributed by atoms with Gasteiger partial charge in [0, 0.05) is 31.0 Å². The van der Waals surface area contributed by atoms with Crippen LogP contribution in [0.25, 0.3) is 0 Å². The van der Waals surface area contributed by atoms with Gasteiger partial charge in [0.1, 0.15) is 0 Å². The zero-order chi connectivity index (χ0) is 21.3. The Morgan fingerprint density at radius 2 is 1.73 bits per heavy atom. The van der Waals surface area contributed by atoms with E-state index < -0.39 is 11.9 Å². The number of amides is 3. The molecular formula is C23H27N3O4. The number of ether oxygens (including phenoxy) is 1. The molecule has 0 aromatic heterocycles. The average Bonchev–Trinajstić information content (AvgIpc) is 2.79. The highest BCUT2D eigenvalue weighted by Crippen LogP contribution is 2.20. The van der Waals surface area contributed by atoms with Crippen molar-refractivity contribution in [3.63, 3.8) is 0 Å². The number of likely N-dealkylation sites (N-methyl/N-ethyl adjacent to an activating group) is 1. The molecule has 158 valence electrons. The number of urea groups is 1. The number of likely N-dealkylation sites (tertiary alicyclic amines) is 1. The summed E-state index contributed by atoms with van der Waals surface area (Å²) in [6.45, 7) is 2.91. The van der Waals surface area contributed by atoms with Crippen LogP contribution in [-0.2, 0) is 14.3 Å². The van der Waals surface area contributed by atoms with Crippen molar-refractivity contribution in [2.45, 2.75) is 19.8 Å². The van der Waals surface area contributed by atoms with Gasteiger partial charge in [-0.1, -0.05) is 36.4 Å². The van der Waals surface area contributed by atoms with Crippen molar-refractivity contribution < 1.29 is 19.1 Å². The molecule has 7 nitrogen and oxygen atoms in total. The van der Waals surface area contributed by atoms with Crippen molar-refractivity contribution in [2.75, 3.05) is 36.5 Å². The van der Waals surface area contributed by atoms with Gasteiger partial charge in [0.2, 0.25) is 0 Å². The molecule has 1 aliphatic heterocycles. The van der Waals surface area contributed by atoms with Gasteiger partial charge >= 0.3 is 12.0 Å². The highest BCUT2D eigenvalue weighted by atomic mass is 16.5. The van der Waals surface area contributed by atoms with Gasteiger partial charge in [-0.05, 0) is 44.0 Å². The van der Waals surface area contributed by atoms with E-state index in [2.05, 4.69) is 5.32 Å². The number of para-hydroxylation sites is 2. The third kappa shape index (κ3) is 5.59. The first-order valence-corrected chi connectivity index (χ1v) is 10.2. The number of hydrogen-bond donors (Lipinski definition) is 1. The van der Waals surface area contributed by atoms with E-state index in [0.29, 0.717) is 31.6 Å². The monoisotopic (exact) mass is 409 g/mol. The van der Waals surface area contributed by atoms with Gasteiger partial charge in [-0.25, -0.2) is 4.79 Å². The number of hydrogen-bond acceptors (Lipinski definition) is 4. The molecule has 1 aliphatic rings. The SMILES string of the molecule is CCN(C(=O)COC(=O)C1CCCN(C(=O)Nc2ccccc2)C1)c1ccccc1. The number of rotatable bonds is 6. The van der Waals surface area contributed by atoms with E-state index in [9.17, 15) is 14.4 Å². The predicted octanol–water partition coefficient (Wildman–Crippen LogP) is 3.53. The van der Waals surface area contributed by atoms with E-state index in [1.807, 2.05) is 67.6 Å². The van der Waals surface area contributed by atoms with Crippen LogP contribution in [0.2, 0.25) is 0 Å². The highest BCUT2D eigenvalue weighted by Gasteiger charge is 2.30. The van der Waals surface area contributed by atoms with Gasteiger partial charge in [0.25, 0.3) is 5.91 Å². The minimum Gasteiger partial charge on any atom is -0.455 e. The molecule has 2 aromatic carbocycles. The van der Waals surface area contributed by atoms with Crippen LogP contribution in [0.3, 0.4) is 0 Å². The Morgan fingerprint density at radius 1 is 1.07 bits per heavy atom. The largest absolute Gasteiger partial charge is 0.455 e. The third-order valence-corrected chi connectivity index (χ3v) is 5.09. The fourth-order valence-electron chi connectivity index (χ4n) is 3.52. The van der Waals surface area contributed by atoms with Crippen molar-refractivity contribution in [3.05, 3.63) is 60.7 Å². The number of anilines is 2. The molecular weight excluding hydrogens is 382 g/mol. The molecule has 0 spiro atoms. The van der Waals surface area contributed by atoms with Gasteiger partial charge in [0.05, 0.1) is 5.92 Å². The second-order valence-electron chi connectivity index (χ2n) is 7.16. The summed E-state index contributed by atoms with van der Waals surface area (Å²) in [5.74, 6) is -1.14. The van der Waals surface area contributed by atoms with Crippen molar-refractivity contribution in [1.29, 1.82) is 0 Å². The first-order valence-electron chi connectivity index (χ1n) is 10.2. The van der Waals surface area contributed by atoms with Gasteiger partial charge in [-0.15, -0.1) is 0 Å². The van der Waals surface area contributed by atoms with Crippen LogP contribution in [0.15, 0.2) is 60.7 Å². The first-order chi connectivity index (χ1) is 14.6. The fourth-order valence-corrected chi connectivity index (χ4v) is 3.52. The lowest BCUT2D eigenvalue weighted by molar-refractivity contribution is -0.153. The minimum absolute atomic E-state index is 0.240. The first kappa shape index (κ1) is 21.4. The molecule has 0 saturated carbocycles. The topological polar surface area (TPSA) is 79.0 Å². The second-order valence-corrected chi connectivity index (χ2v) is 7.16. The summed E-state index contributed by atoms with van der Waals surface area (Å²) in [4.78, 5) is 40.7. The van der Waals surface area contributed by atoms with E-state index in [1.165, 1.54) is 0 Å². The van der Waals surface area contributed by atoms with Crippen LogP contribution in [0.4, 0.5) is 16.2 Å². The molecule has 1 fully saturated rings. The van der Waals surface area contributed by atoms with Crippen molar-refractivity contribution >= 4 is 29.3 Å². The van der Waals surface area contributed by atoms with Gasteiger partial charge in [-0.3, -0.25) is 9.59 Å². The van der Waals surface area contributed by atoms with Crippen LogP contribution >= 0.6 is 0 Å². The molecule has 30 heavy (non-hydrogen) atoms. The Bertz CT molecular complexity index is 857. The van der Waals surface area contributed by atoms with Gasteiger partial charge in [-0.2, -0.15) is 0 Å². The molecule has 0 aliphatic carbocycles. The predicted molar refractivity (Wildman–Crippen MR) is 115 cm³/mol. The minimum atomic E-state index is -0.440. The van der Waals surface area contributed by atoms with Crippen LogP contribution in [0, 0.1) is 5.92 Å². The molecule has 2 aromatic rings. The number of carbonyl (C=O) groups excluding carboxylic acids is 3. The maximum atomic E-state index is 12.5. The summed E-state index contributed by atoms with van der Waals surface area (Å²) in [7, 11) is 0. The van der Waals surface area contributed by atoms with E-state index >= 15 is 0 Å². The van der Waals surface area contributed by atoms with Gasteiger partial charge < -0.3 is 19.9 Å².